The van der Waals surface area contributed by atoms with E-state index in [1.165, 1.54) is 12.8 Å². The summed E-state index contributed by atoms with van der Waals surface area (Å²) in [5, 5.41) is 9.32. The standard InChI is InChI=1S/C13H19N3O2/c1-16-4-5-18-11(7-16)13-14-6-10(8-17)12(15-13)9-2-3-9/h6,9,11,17H,2-5,7-8H2,1H3. The molecule has 18 heavy (non-hydrogen) atoms. The first kappa shape index (κ1) is 12.0. The van der Waals surface area contributed by atoms with Crippen LogP contribution >= 0.6 is 0 Å². The Bertz CT molecular complexity index is 434. The molecule has 0 bridgehead atoms. The molecule has 1 aliphatic carbocycles. The molecule has 2 aliphatic rings. The summed E-state index contributed by atoms with van der Waals surface area (Å²) < 4.78 is 5.73. The molecule has 2 fully saturated rings. The van der Waals surface area contributed by atoms with Crippen molar-refractivity contribution >= 4 is 0 Å². The van der Waals surface area contributed by atoms with Gasteiger partial charge in [0.2, 0.25) is 0 Å². The maximum absolute atomic E-state index is 9.32. The van der Waals surface area contributed by atoms with E-state index in [0.29, 0.717) is 5.92 Å². The van der Waals surface area contributed by atoms with Gasteiger partial charge in [0.05, 0.1) is 18.9 Å². The third kappa shape index (κ3) is 2.39. The van der Waals surface area contributed by atoms with Gasteiger partial charge in [-0.3, -0.25) is 0 Å². The second-order valence-corrected chi connectivity index (χ2v) is 5.19. The van der Waals surface area contributed by atoms with E-state index in [9.17, 15) is 5.11 Å². The predicted octanol–water partition coefficient (Wildman–Crippen LogP) is 0.849. The van der Waals surface area contributed by atoms with Crippen molar-refractivity contribution in [3.63, 3.8) is 0 Å². The van der Waals surface area contributed by atoms with Crippen LogP contribution in [0, 0.1) is 0 Å². The van der Waals surface area contributed by atoms with E-state index in [4.69, 9.17) is 4.74 Å². The highest BCUT2D eigenvalue weighted by Crippen LogP contribution is 2.40. The highest BCUT2D eigenvalue weighted by molar-refractivity contribution is 5.25. The number of hydrogen-bond acceptors (Lipinski definition) is 5. The average Bonchev–Trinajstić information content (AvgIpc) is 3.22. The third-order valence-corrected chi connectivity index (χ3v) is 3.61. The van der Waals surface area contributed by atoms with Gasteiger partial charge in [0.25, 0.3) is 0 Å². The molecular formula is C13H19N3O2. The number of aromatic nitrogens is 2. The van der Waals surface area contributed by atoms with Crippen molar-refractivity contribution in [1.82, 2.24) is 14.9 Å². The molecule has 5 nitrogen and oxygen atoms in total. The van der Waals surface area contributed by atoms with E-state index in [0.717, 1.165) is 36.8 Å². The quantitative estimate of drug-likeness (QED) is 0.860. The normalized spacial score (nSPS) is 25.3. The molecule has 1 atom stereocenters. The van der Waals surface area contributed by atoms with Crippen LogP contribution in [0.4, 0.5) is 0 Å². The van der Waals surface area contributed by atoms with Crippen LogP contribution in [0.5, 0.6) is 0 Å². The molecule has 1 aliphatic heterocycles. The van der Waals surface area contributed by atoms with Crippen LogP contribution in [0.1, 0.15) is 41.9 Å². The third-order valence-electron chi connectivity index (χ3n) is 3.61. The van der Waals surface area contributed by atoms with Crippen LogP contribution in [-0.2, 0) is 11.3 Å². The number of aliphatic hydroxyl groups excluding tert-OH is 1. The minimum atomic E-state index is -0.0333. The van der Waals surface area contributed by atoms with Crippen molar-refractivity contribution in [2.45, 2.75) is 31.5 Å². The first-order valence-electron chi connectivity index (χ1n) is 6.54. The van der Waals surface area contributed by atoms with Gasteiger partial charge in [0.1, 0.15) is 6.10 Å². The van der Waals surface area contributed by atoms with E-state index in [1.54, 1.807) is 6.20 Å². The topological polar surface area (TPSA) is 58.5 Å². The summed E-state index contributed by atoms with van der Waals surface area (Å²) in [6.07, 6.45) is 4.08. The lowest BCUT2D eigenvalue weighted by Crippen LogP contribution is -2.36. The zero-order valence-corrected chi connectivity index (χ0v) is 10.7. The highest BCUT2D eigenvalue weighted by Gasteiger charge is 2.30. The Morgan fingerprint density at radius 1 is 1.50 bits per heavy atom. The lowest BCUT2D eigenvalue weighted by molar-refractivity contribution is -0.0256. The molecule has 1 saturated carbocycles. The first-order chi connectivity index (χ1) is 8.78. The average molecular weight is 249 g/mol. The minimum absolute atomic E-state index is 0.0253. The number of aliphatic hydroxyl groups is 1. The van der Waals surface area contributed by atoms with Gasteiger partial charge in [0.15, 0.2) is 5.82 Å². The zero-order chi connectivity index (χ0) is 12.5. The van der Waals surface area contributed by atoms with Crippen LogP contribution in [-0.4, -0.2) is 46.7 Å². The summed E-state index contributed by atoms with van der Waals surface area (Å²) in [6, 6.07) is 0. The fourth-order valence-electron chi connectivity index (χ4n) is 2.36. The monoisotopic (exact) mass is 249 g/mol. The Hall–Kier alpha value is -1.04. The molecule has 1 aromatic rings. The van der Waals surface area contributed by atoms with Crippen molar-refractivity contribution in [1.29, 1.82) is 0 Å². The fourth-order valence-corrected chi connectivity index (χ4v) is 2.36. The smallest absolute Gasteiger partial charge is 0.158 e. The van der Waals surface area contributed by atoms with Gasteiger partial charge in [-0.05, 0) is 19.9 Å². The fraction of sp³-hybridized carbons (Fsp3) is 0.692. The SMILES string of the molecule is CN1CCOC(c2ncc(CO)c(C3CC3)n2)C1. The summed E-state index contributed by atoms with van der Waals surface area (Å²) in [5.74, 6) is 1.29. The molecule has 0 spiro atoms. The number of rotatable bonds is 3. The van der Waals surface area contributed by atoms with E-state index >= 15 is 0 Å². The molecule has 98 valence electrons. The molecule has 1 saturated heterocycles. The zero-order valence-electron chi connectivity index (χ0n) is 10.7. The van der Waals surface area contributed by atoms with E-state index in [2.05, 4.69) is 21.9 Å². The first-order valence-corrected chi connectivity index (χ1v) is 6.54. The van der Waals surface area contributed by atoms with Crippen molar-refractivity contribution in [2.75, 3.05) is 26.7 Å². The number of morpholine rings is 1. The molecule has 2 heterocycles. The summed E-state index contributed by atoms with van der Waals surface area (Å²) in [6.45, 7) is 2.55. The largest absolute Gasteiger partial charge is 0.392 e. The van der Waals surface area contributed by atoms with Crippen molar-refractivity contribution in [2.24, 2.45) is 0 Å². The van der Waals surface area contributed by atoms with Crippen LogP contribution in [0.3, 0.4) is 0 Å². The number of nitrogens with zero attached hydrogens (tertiary/aromatic N) is 3. The lowest BCUT2D eigenvalue weighted by atomic mass is 10.1. The van der Waals surface area contributed by atoms with Crippen LogP contribution in [0.2, 0.25) is 0 Å². The Morgan fingerprint density at radius 3 is 3.00 bits per heavy atom. The van der Waals surface area contributed by atoms with Gasteiger partial charge in [0, 0.05) is 30.8 Å². The molecule has 1 N–H and O–H groups in total. The Morgan fingerprint density at radius 2 is 2.33 bits per heavy atom. The maximum atomic E-state index is 9.32. The summed E-state index contributed by atoms with van der Waals surface area (Å²) in [4.78, 5) is 11.2. The van der Waals surface area contributed by atoms with Gasteiger partial charge in [-0.1, -0.05) is 0 Å². The molecule has 0 amide bonds. The Balaban J connectivity index is 1.85. The van der Waals surface area contributed by atoms with E-state index in [1.807, 2.05) is 0 Å². The van der Waals surface area contributed by atoms with Crippen LogP contribution < -0.4 is 0 Å². The highest BCUT2D eigenvalue weighted by atomic mass is 16.5. The van der Waals surface area contributed by atoms with Crippen LogP contribution in [0.15, 0.2) is 6.20 Å². The summed E-state index contributed by atoms with van der Waals surface area (Å²) in [7, 11) is 2.08. The van der Waals surface area contributed by atoms with Crippen LogP contribution in [0.25, 0.3) is 0 Å². The van der Waals surface area contributed by atoms with Crippen molar-refractivity contribution < 1.29 is 9.84 Å². The van der Waals surface area contributed by atoms with Gasteiger partial charge in [-0.2, -0.15) is 0 Å². The van der Waals surface area contributed by atoms with Crippen molar-refractivity contribution in [3.05, 3.63) is 23.3 Å². The molecule has 5 heteroatoms. The molecular weight excluding hydrogens is 230 g/mol. The summed E-state index contributed by atoms with van der Waals surface area (Å²) >= 11 is 0. The number of hydrogen-bond donors (Lipinski definition) is 1. The molecule has 0 aromatic carbocycles. The molecule has 1 unspecified atom stereocenters. The van der Waals surface area contributed by atoms with Crippen molar-refractivity contribution in [3.8, 4) is 0 Å². The molecule has 1 aromatic heterocycles. The minimum Gasteiger partial charge on any atom is -0.392 e. The van der Waals surface area contributed by atoms with Gasteiger partial charge < -0.3 is 14.7 Å². The number of ether oxygens (including phenoxy) is 1. The van der Waals surface area contributed by atoms with E-state index in [-0.39, 0.29) is 12.7 Å². The maximum Gasteiger partial charge on any atom is 0.158 e. The number of likely N-dealkylation sites (N-methyl/N-ethyl adjacent to an activating group) is 1. The van der Waals surface area contributed by atoms with Gasteiger partial charge >= 0.3 is 0 Å². The second kappa shape index (κ2) is 4.91. The Kier molecular flexibility index (Phi) is 3.28. The lowest BCUT2D eigenvalue weighted by Gasteiger charge is -2.29. The van der Waals surface area contributed by atoms with Gasteiger partial charge in [-0.25, -0.2) is 9.97 Å². The predicted molar refractivity (Wildman–Crippen MR) is 66.1 cm³/mol. The summed E-state index contributed by atoms with van der Waals surface area (Å²) in [5.41, 5.74) is 1.89. The van der Waals surface area contributed by atoms with Gasteiger partial charge in [-0.15, -0.1) is 0 Å². The van der Waals surface area contributed by atoms with E-state index < -0.39 is 0 Å². The second-order valence-electron chi connectivity index (χ2n) is 5.19. The molecule has 0 radical (unpaired) electrons. The Labute approximate surface area is 107 Å². The molecule has 3 rings (SSSR count).